The van der Waals surface area contributed by atoms with E-state index >= 15 is 0 Å². The van der Waals surface area contributed by atoms with Gasteiger partial charge in [0, 0.05) is 16.9 Å². The largest absolute Gasteiger partial charge is 0.324 e. The molecule has 0 aromatic heterocycles. The van der Waals surface area contributed by atoms with Crippen LogP contribution in [-0.4, -0.2) is 11.9 Å². The number of hydrogen-bond donors (Lipinski definition) is 3. The minimum atomic E-state index is -0.661. The predicted octanol–water partition coefficient (Wildman–Crippen LogP) is 2.81. The Morgan fingerprint density at radius 1 is 1.10 bits per heavy atom. The maximum absolute atomic E-state index is 12.0. The molecule has 2 aromatic rings. The Hall–Kier alpha value is -2.82. The standard InChI is InChI=1S/C16H15N3O2/c1-10-6-8-11(9-7-10)17-16(21)19-14-12-4-2-3-5-13(12)18-15(14)20/h2-9,14H,1H3,(H,18,20)(H2,17,19,21). The maximum atomic E-state index is 12.0. The van der Waals surface area contributed by atoms with E-state index in [2.05, 4.69) is 16.0 Å². The fourth-order valence-corrected chi connectivity index (χ4v) is 2.29. The number of rotatable bonds is 2. The molecular formula is C16H15N3O2. The second-order valence-electron chi connectivity index (χ2n) is 4.97. The van der Waals surface area contributed by atoms with Crippen molar-refractivity contribution in [1.82, 2.24) is 5.32 Å². The van der Waals surface area contributed by atoms with E-state index in [0.29, 0.717) is 5.69 Å². The third-order valence-corrected chi connectivity index (χ3v) is 3.38. The molecule has 3 amide bonds. The molecule has 0 aliphatic carbocycles. The molecule has 3 rings (SSSR count). The highest BCUT2D eigenvalue weighted by Crippen LogP contribution is 2.30. The Morgan fingerprint density at radius 3 is 2.57 bits per heavy atom. The maximum Gasteiger partial charge on any atom is 0.320 e. The Labute approximate surface area is 122 Å². The quantitative estimate of drug-likeness (QED) is 0.792. The normalized spacial score (nSPS) is 16.0. The molecule has 1 atom stereocenters. The average Bonchev–Trinajstić information content (AvgIpc) is 2.78. The highest BCUT2D eigenvalue weighted by atomic mass is 16.2. The molecule has 2 aromatic carbocycles. The Bertz CT molecular complexity index is 695. The van der Waals surface area contributed by atoms with E-state index in [1.54, 1.807) is 0 Å². The molecule has 0 saturated heterocycles. The SMILES string of the molecule is Cc1ccc(NC(=O)NC2C(=O)Nc3ccccc32)cc1. The van der Waals surface area contributed by atoms with Crippen LogP contribution in [0, 0.1) is 6.92 Å². The van der Waals surface area contributed by atoms with Crippen LogP contribution in [0.3, 0.4) is 0 Å². The van der Waals surface area contributed by atoms with Gasteiger partial charge in [-0.3, -0.25) is 4.79 Å². The summed E-state index contributed by atoms with van der Waals surface area (Å²) in [5.41, 5.74) is 3.32. The molecule has 1 aliphatic heterocycles. The number of para-hydroxylation sites is 1. The summed E-state index contributed by atoms with van der Waals surface area (Å²) in [5, 5.41) is 8.15. The Morgan fingerprint density at radius 2 is 1.81 bits per heavy atom. The van der Waals surface area contributed by atoms with Gasteiger partial charge < -0.3 is 16.0 Å². The van der Waals surface area contributed by atoms with Crippen LogP contribution >= 0.6 is 0 Å². The van der Waals surface area contributed by atoms with Crippen molar-refractivity contribution in [2.24, 2.45) is 0 Å². The summed E-state index contributed by atoms with van der Waals surface area (Å²) in [4.78, 5) is 23.9. The van der Waals surface area contributed by atoms with Gasteiger partial charge in [0.2, 0.25) is 0 Å². The van der Waals surface area contributed by atoms with Gasteiger partial charge in [-0.15, -0.1) is 0 Å². The van der Waals surface area contributed by atoms with Crippen LogP contribution in [0.25, 0.3) is 0 Å². The first-order valence-corrected chi connectivity index (χ1v) is 6.67. The van der Waals surface area contributed by atoms with Crippen LogP contribution in [0.5, 0.6) is 0 Å². The third-order valence-electron chi connectivity index (χ3n) is 3.38. The highest BCUT2D eigenvalue weighted by molar-refractivity contribution is 6.05. The minimum Gasteiger partial charge on any atom is -0.324 e. The van der Waals surface area contributed by atoms with Gasteiger partial charge in [0.15, 0.2) is 0 Å². The van der Waals surface area contributed by atoms with Gasteiger partial charge in [0.05, 0.1) is 0 Å². The molecule has 5 nitrogen and oxygen atoms in total. The minimum absolute atomic E-state index is 0.227. The monoisotopic (exact) mass is 281 g/mol. The second-order valence-corrected chi connectivity index (χ2v) is 4.97. The van der Waals surface area contributed by atoms with Crippen molar-refractivity contribution >= 4 is 23.3 Å². The smallest absolute Gasteiger partial charge is 0.320 e. The molecule has 0 radical (unpaired) electrons. The van der Waals surface area contributed by atoms with Gasteiger partial charge in [0.25, 0.3) is 5.91 Å². The number of benzene rings is 2. The molecule has 1 aliphatic rings. The first kappa shape index (κ1) is 13.2. The van der Waals surface area contributed by atoms with E-state index in [1.807, 2.05) is 55.5 Å². The fourth-order valence-electron chi connectivity index (χ4n) is 2.29. The summed E-state index contributed by atoms with van der Waals surface area (Å²) < 4.78 is 0. The molecule has 21 heavy (non-hydrogen) atoms. The van der Waals surface area contributed by atoms with Gasteiger partial charge in [-0.25, -0.2) is 4.79 Å². The average molecular weight is 281 g/mol. The number of anilines is 2. The Balaban J connectivity index is 1.70. The van der Waals surface area contributed by atoms with Crippen LogP contribution in [0.4, 0.5) is 16.2 Å². The van der Waals surface area contributed by atoms with Crippen LogP contribution in [-0.2, 0) is 4.79 Å². The van der Waals surface area contributed by atoms with E-state index < -0.39 is 12.1 Å². The fraction of sp³-hybridized carbons (Fsp3) is 0.125. The van der Waals surface area contributed by atoms with E-state index in [1.165, 1.54) is 0 Å². The first-order valence-electron chi connectivity index (χ1n) is 6.67. The van der Waals surface area contributed by atoms with Crippen LogP contribution < -0.4 is 16.0 Å². The third kappa shape index (κ3) is 2.72. The van der Waals surface area contributed by atoms with Crippen molar-refractivity contribution in [3.05, 3.63) is 59.7 Å². The van der Waals surface area contributed by atoms with Gasteiger partial charge in [-0.1, -0.05) is 35.9 Å². The van der Waals surface area contributed by atoms with E-state index in [9.17, 15) is 9.59 Å². The van der Waals surface area contributed by atoms with Crippen molar-refractivity contribution in [3.8, 4) is 0 Å². The summed E-state index contributed by atoms with van der Waals surface area (Å²) in [6, 6.07) is 13.7. The van der Waals surface area contributed by atoms with Crippen LogP contribution in [0.15, 0.2) is 48.5 Å². The summed E-state index contributed by atoms with van der Waals surface area (Å²) in [7, 11) is 0. The van der Waals surface area contributed by atoms with Crippen molar-refractivity contribution in [2.45, 2.75) is 13.0 Å². The van der Waals surface area contributed by atoms with Gasteiger partial charge in [-0.2, -0.15) is 0 Å². The lowest BCUT2D eigenvalue weighted by atomic mass is 10.1. The van der Waals surface area contributed by atoms with Crippen molar-refractivity contribution < 1.29 is 9.59 Å². The van der Waals surface area contributed by atoms with Crippen molar-refractivity contribution in [2.75, 3.05) is 10.6 Å². The number of hydrogen-bond acceptors (Lipinski definition) is 2. The first-order chi connectivity index (χ1) is 10.1. The van der Waals surface area contributed by atoms with Gasteiger partial charge in [0.1, 0.15) is 6.04 Å². The lowest BCUT2D eigenvalue weighted by Gasteiger charge is -2.12. The van der Waals surface area contributed by atoms with Crippen molar-refractivity contribution in [1.29, 1.82) is 0 Å². The zero-order valence-corrected chi connectivity index (χ0v) is 11.5. The topological polar surface area (TPSA) is 70.2 Å². The predicted molar refractivity (Wildman–Crippen MR) is 81.1 cm³/mol. The molecule has 1 unspecified atom stereocenters. The molecule has 5 heteroatoms. The number of aryl methyl sites for hydroxylation is 1. The zero-order chi connectivity index (χ0) is 14.8. The summed E-state index contributed by atoms with van der Waals surface area (Å²) in [6.07, 6.45) is 0. The van der Waals surface area contributed by atoms with E-state index in [4.69, 9.17) is 0 Å². The number of fused-ring (bicyclic) bond motifs is 1. The molecule has 0 bridgehead atoms. The second kappa shape index (κ2) is 5.28. The van der Waals surface area contributed by atoms with Gasteiger partial charge >= 0.3 is 6.03 Å². The molecule has 106 valence electrons. The van der Waals surface area contributed by atoms with E-state index in [-0.39, 0.29) is 5.91 Å². The summed E-state index contributed by atoms with van der Waals surface area (Å²) in [6.45, 7) is 1.98. The lowest BCUT2D eigenvalue weighted by Crippen LogP contribution is -2.36. The summed E-state index contributed by atoms with van der Waals surface area (Å²) >= 11 is 0. The molecule has 3 N–H and O–H groups in total. The molecule has 0 saturated carbocycles. The van der Waals surface area contributed by atoms with Crippen molar-refractivity contribution in [3.63, 3.8) is 0 Å². The Kier molecular flexibility index (Phi) is 3.31. The number of nitrogens with one attached hydrogen (secondary N) is 3. The molecule has 0 spiro atoms. The number of amides is 3. The summed E-state index contributed by atoms with van der Waals surface area (Å²) in [5.74, 6) is -0.227. The van der Waals surface area contributed by atoms with Crippen LogP contribution in [0.1, 0.15) is 17.2 Å². The molecule has 1 heterocycles. The van der Waals surface area contributed by atoms with Gasteiger partial charge in [-0.05, 0) is 25.1 Å². The molecular weight excluding hydrogens is 266 g/mol. The number of urea groups is 1. The lowest BCUT2D eigenvalue weighted by molar-refractivity contribution is -0.117. The zero-order valence-electron chi connectivity index (χ0n) is 11.5. The highest BCUT2D eigenvalue weighted by Gasteiger charge is 2.31. The number of carbonyl (C=O) groups is 2. The van der Waals surface area contributed by atoms with Crippen LogP contribution in [0.2, 0.25) is 0 Å². The molecule has 0 fully saturated rings. The van der Waals surface area contributed by atoms with E-state index in [0.717, 1.165) is 16.8 Å². The number of carbonyl (C=O) groups excluding carboxylic acids is 2.